The zero-order chi connectivity index (χ0) is 13.3. The average molecular weight is 275 g/mol. The van der Waals surface area contributed by atoms with Gasteiger partial charge >= 0.3 is 0 Å². The summed E-state index contributed by atoms with van der Waals surface area (Å²) in [6, 6.07) is 9.91. The topological polar surface area (TPSA) is 55.5 Å². The predicted octanol–water partition coefficient (Wildman–Crippen LogP) is 2.36. The number of aliphatic hydroxyl groups excluding tert-OH is 1. The first-order valence-electron chi connectivity index (χ1n) is 6.36. The highest BCUT2D eigenvalue weighted by atomic mass is 32.1. The molecule has 4 heteroatoms. The normalized spacial score (nSPS) is 23.5. The molecule has 1 aliphatic rings. The van der Waals surface area contributed by atoms with Crippen molar-refractivity contribution in [1.29, 1.82) is 0 Å². The average Bonchev–Trinajstić information content (AvgIpc) is 3.00. The molecule has 3 rings (SSSR count). The lowest BCUT2D eigenvalue weighted by Crippen LogP contribution is -2.45. The van der Waals surface area contributed by atoms with Gasteiger partial charge in [0.25, 0.3) is 0 Å². The second kappa shape index (κ2) is 4.96. The van der Waals surface area contributed by atoms with Gasteiger partial charge in [-0.2, -0.15) is 11.3 Å². The molecule has 100 valence electrons. The van der Waals surface area contributed by atoms with Crippen LogP contribution in [0.4, 0.5) is 0 Å². The van der Waals surface area contributed by atoms with E-state index in [-0.39, 0.29) is 0 Å². The molecule has 0 saturated carbocycles. The minimum absolute atomic E-state index is 0.401. The number of para-hydroxylation sites is 1. The molecule has 0 saturated heterocycles. The summed E-state index contributed by atoms with van der Waals surface area (Å²) in [4.78, 5) is 0. The smallest absolute Gasteiger partial charge is 0.122 e. The van der Waals surface area contributed by atoms with Crippen LogP contribution in [0.3, 0.4) is 0 Å². The van der Waals surface area contributed by atoms with E-state index < -0.39 is 11.5 Å². The fraction of sp³-hybridized carbons (Fsp3) is 0.333. The largest absolute Gasteiger partial charge is 0.493 e. The van der Waals surface area contributed by atoms with Crippen LogP contribution in [0, 0.1) is 5.41 Å². The Labute approximate surface area is 116 Å². The highest BCUT2D eigenvalue weighted by molar-refractivity contribution is 7.07. The summed E-state index contributed by atoms with van der Waals surface area (Å²) in [5.74, 6) is 0.907. The van der Waals surface area contributed by atoms with Crippen LogP contribution in [-0.2, 0) is 6.42 Å². The molecule has 2 atom stereocenters. The Kier molecular flexibility index (Phi) is 3.31. The molecule has 0 aliphatic carbocycles. The second-order valence-corrected chi connectivity index (χ2v) is 5.88. The minimum atomic E-state index is -0.586. The van der Waals surface area contributed by atoms with Crippen LogP contribution in [-0.4, -0.2) is 18.3 Å². The van der Waals surface area contributed by atoms with Crippen molar-refractivity contribution in [3.63, 3.8) is 0 Å². The second-order valence-electron chi connectivity index (χ2n) is 5.10. The van der Waals surface area contributed by atoms with Crippen molar-refractivity contribution in [2.75, 3.05) is 13.2 Å². The Bertz CT molecular complexity index is 555. The SMILES string of the molecule is NCC1(C(O)c2ccsc2)COc2ccccc2C1. The molecule has 1 aromatic heterocycles. The van der Waals surface area contributed by atoms with Gasteiger partial charge < -0.3 is 15.6 Å². The molecule has 0 fully saturated rings. The molecule has 3 N–H and O–H groups in total. The number of benzene rings is 1. The highest BCUT2D eigenvalue weighted by Crippen LogP contribution is 2.42. The van der Waals surface area contributed by atoms with Crippen LogP contribution in [0.25, 0.3) is 0 Å². The summed E-state index contributed by atoms with van der Waals surface area (Å²) >= 11 is 1.59. The molecular formula is C15H17NO2S. The quantitative estimate of drug-likeness (QED) is 0.904. The van der Waals surface area contributed by atoms with E-state index in [9.17, 15) is 5.11 Å². The van der Waals surface area contributed by atoms with E-state index in [4.69, 9.17) is 10.5 Å². The molecule has 0 radical (unpaired) electrons. The summed E-state index contributed by atoms with van der Waals surface area (Å²) < 4.78 is 5.81. The van der Waals surface area contributed by atoms with Crippen molar-refractivity contribution in [1.82, 2.24) is 0 Å². The number of hydrogen-bond acceptors (Lipinski definition) is 4. The summed E-state index contributed by atoms with van der Waals surface area (Å²) in [5, 5.41) is 14.6. The van der Waals surface area contributed by atoms with E-state index >= 15 is 0 Å². The number of nitrogens with two attached hydrogens (primary N) is 1. The maximum Gasteiger partial charge on any atom is 0.122 e. The summed E-state index contributed by atoms with van der Waals surface area (Å²) in [5.41, 5.74) is 7.58. The fourth-order valence-electron chi connectivity index (χ4n) is 2.64. The monoisotopic (exact) mass is 275 g/mol. The number of fused-ring (bicyclic) bond motifs is 1. The summed E-state index contributed by atoms with van der Waals surface area (Å²) in [6.07, 6.45) is 0.161. The number of thiophene rings is 1. The van der Waals surface area contributed by atoms with E-state index in [1.54, 1.807) is 11.3 Å². The molecule has 0 bridgehead atoms. The van der Waals surface area contributed by atoms with Crippen molar-refractivity contribution in [2.24, 2.45) is 11.1 Å². The lowest BCUT2D eigenvalue weighted by molar-refractivity contribution is -0.0159. The van der Waals surface area contributed by atoms with Crippen molar-refractivity contribution < 1.29 is 9.84 Å². The van der Waals surface area contributed by atoms with Gasteiger partial charge in [-0.15, -0.1) is 0 Å². The maximum absolute atomic E-state index is 10.7. The molecule has 1 aliphatic heterocycles. The molecule has 0 amide bonds. The maximum atomic E-state index is 10.7. The molecule has 0 spiro atoms. The van der Waals surface area contributed by atoms with Crippen molar-refractivity contribution in [3.05, 3.63) is 52.2 Å². The van der Waals surface area contributed by atoms with Crippen LogP contribution < -0.4 is 10.5 Å². The third kappa shape index (κ3) is 2.16. The Hall–Kier alpha value is -1.36. The number of aliphatic hydroxyl groups is 1. The van der Waals surface area contributed by atoms with Gasteiger partial charge in [-0.25, -0.2) is 0 Å². The lowest BCUT2D eigenvalue weighted by atomic mass is 9.74. The Morgan fingerprint density at radius 3 is 2.95 bits per heavy atom. The van der Waals surface area contributed by atoms with Gasteiger partial charge in [0.2, 0.25) is 0 Å². The Balaban J connectivity index is 1.94. The third-order valence-corrected chi connectivity index (χ3v) is 4.58. The Morgan fingerprint density at radius 2 is 2.21 bits per heavy atom. The van der Waals surface area contributed by atoms with Gasteiger partial charge in [0, 0.05) is 6.54 Å². The lowest BCUT2D eigenvalue weighted by Gasteiger charge is -2.40. The minimum Gasteiger partial charge on any atom is -0.493 e. The molecule has 3 nitrogen and oxygen atoms in total. The molecule has 19 heavy (non-hydrogen) atoms. The van der Waals surface area contributed by atoms with Crippen LogP contribution in [0.1, 0.15) is 17.2 Å². The molecule has 2 aromatic rings. The highest BCUT2D eigenvalue weighted by Gasteiger charge is 2.42. The third-order valence-electron chi connectivity index (χ3n) is 3.88. The van der Waals surface area contributed by atoms with Crippen LogP contribution in [0.2, 0.25) is 0 Å². The van der Waals surface area contributed by atoms with Gasteiger partial charge in [-0.1, -0.05) is 18.2 Å². The van der Waals surface area contributed by atoms with E-state index in [0.717, 1.165) is 23.3 Å². The van der Waals surface area contributed by atoms with Gasteiger partial charge in [0.15, 0.2) is 0 Å². The first-order valence-corrected chi connectivity index (χ1v) is 7.30. The summed E-state index contributed by atoms with van der Waals surface area (Å²) in [7, 11) is 0. The molecular weight excluding hydrogens is 258 g/mol. The van der Waals surface area contributed by atoms with Crippen molar-refractivity contribution >= 4 is 11.3 Å². The number of ether oxygens (including phenoxy) is 1. The predicted molar refractivity (Wildman–Crippen MR) is 76.4 cm³/mol. The van der Waals surface area contributed by atoms with E-state index in [1.807, 2.05) is 41.1 Å². The van der Waals surface area contributed by atoms with Gasteiger partial charge in [-0.05, 0) is 40.4 Å². The zero-order valence-electron chi connectivity index (χ0n) is 10.6. The van der Waals surface area contributed by atoms with Gasteiger partial charge in [0.1, 0.15) is 5.75 Å². The van der Waals surface area contributed by atoms with E-state index in [2.05, 4.69) is 0 Å². The number of rotatable bonds is 3. The summed E-state index contributed by atoms with van der Waals surface area (Å²) in [6.45, 7) is 0.857. The van der Waals surface area contributed by atoms with Crippen molar-refractivity contribution in [2.45, 2.75) is 12.5 Å². The molecule has 2 heterocycles. The van der Waals surface area contributed by atoms with Crippen LogP contribution in [0.5, 0.6) is 5.75 Å². The van der Waals surface area contributed by atoms with E-state index in [0.29, 0.717) is 13.2 Å². The van der Waals surface area contributed by atoms with Crippen molar-refractivity contribution in [3.8, 4) is 5.75 Å². The van der Waals surface area contributed by atoms with Crippen LogP contribution >= 0.6 is 11.3 Å². The van der Waals surface area contributed by atoms with E-state index in [1.165, 1.54) is 0 Å². The van der Waals surface area contributed by atoms with Gasteiger partial charge in [0.05, 0.1) is 18.1 Å². The Morgan fingerprint density at radius 1 is 1.37 bits per heavy atom. The fourth-order valence-corrected chi connectivity index (χ4v) is 3.32. The zero-order valence-corrected chi connectivity index (χ0v) is 11.4. The molecule has 1 aromatic carbocycles. The standard InChI is InChI=1S/C15H17NO2S/c16-9-15(14(17)12-5-6-19-8-12)7-11-3-1-2-4-13(11)18-10-15/h1-6,8,14,17H,7,9-10,16H2. The number of hydrogen-bond donors (Lipinski definition) is 2. The first kappa shape index (κ1) is 12.7. The first-order chi connectivity index (χ1) is 9.25. The van der Waals surface area contributed by atoms with Gasteiger partial charge in [-0.3, -0.25) is 0 Å². The molecule has 2 unspecified atom stereocenters. The van der Waals surface area contributed by atoms with Crippen LogP contribution in [0.15, 0.2) is 41.1 Å².